The highest BCUT2D eigenvalue weighted by molar-refractivity contribution is 7.13. The molecule has 3 aromatic rings. The van der Waals surface area contributed by atoms with Crippen molar-refractivity contribution < 1.29 is 22.7 Å². The van der Waals surface area contributed by atoms with Crippen LogP contribution in [0.4, 0.5) is 13.2 Å². The van der Waals surface area contributed by atoms with Gasteiger partial charge in [-0.05, 0) is 43.7 Å². The summed E-state index contributed by atoms with van der Waals surface area (Å²) >= 11 is 1.41. The summed E-state index contributed by atoms with van der Waals surface area (Å²) in [4.78, 5) is 16.9. The normalized spacial score (nSPS) is 12.4. The number of nitrogens with zero attached hydrogens (tertiary/aromatic N) is 1. The number of thiazole rings is 1. The number of halogens is 3. The van der Waals surface area contributed by atoms with Gasteiger partial charge in [-0.1, -0.05) is 24.3 Å². The van der Waals surface area contributed by atoms with Crippen molar-refractivity contribution in [1.29, 1.82) is 0 Å². The third-order valence-corrected chi connectivity index (χ3v) is 5.33. The van der Waals surface area contributed by atoms with Crippen LogP contribution in [0.2, 0.25) is 0 Å². The summed E-state index contributed by atoms with van der Waals surface area (Å²) in [5, 5.41) is 5.28. The van der Waals surface area contributed by atoms with E-state index in [1.807, 2.05) is 31.2 Å². The zero-order valence-corrected chi connectivity index (χ0v) is 17.3. The molecular weight excluding hydrogens is 413 g/mol. The van der Waals surface area contributed by atoms with Gasteiger partial charge in [-0.2, -0.15) is 13.2 Å². The predicted octanol–water partition coefficient (Wildman–Crippen LogP) is 5.65. The number of para-hydroxylation sites is 1. The Morgan fingerprint density at radius 2 is 1.97 bits per heavy atom. The largest absolute Gasteiger partial charge is 0.493 e. The van der Waals surface area contributed by atoms with Crippen molar-refractivity contribution in [3.63, 3.8) is 0 Å². The zero-order chi connectivity index (χ0) is 21.7. The molecule has 158 valence electrons. The lowest BCUT2D eigenvalue weighted by molar-refractivity contribution is -0.137. The lowest BCUT2D eigenvalue weighted by Crippen LogP contribution is -2.28. The summed E-state index contributed by atoms with van der Waals surface area (Å²) in [7, 11) is 0. The number of nitrogens with one attached hydrogen (secondary N) is 1. The molecule has 0 fully saturated rings. The molecule has 1 amide bonds. The van der Waals surface area contributed by atoms with E-state index in [9.17, 15) is 18.0 Å². The van der Waals surface area contributed by atoms with Gasteiger partial charge < -0.3 is 10.1 Å². The molecule has 0 aliphatic carbocycles. The summed E-state index contributed by atoms with van der Waals surface area (Å²) in [6.45, 7) is 4.09. The van der Waals surface area contributed by atoms with Gasteiger partial charge in [-0.25, -0.2) is 4.98 Å². The SMILES string of the molecule is CCOc1ccccc1-c1nc(CC(=O)N[C@H](C)c2cccc(C(F)(F)F)c2)cs1. The van der Waals surface area contributed by atoms with Crippen LogP contribution in [-0.2, 0) is 17.4 Å². The molecule has 0 saturated heterocycles. The standard InChI is InChI=1S/C22H21F3N2O2S/c1-3-29-19-10-5-4-9-18(19)21-27-17(13-30-21)12-20(28)26-14(2)15-7-6-8-16(11-15)22(23,24)25/h4-11,13-14H,3,12H2,1-2H3,(H,26,28)/t14-/m1/s1. The molecule has 0 aliphatic heterocycles. The second-order valence-corrected chi connectivity index (χ2v) is 7.52. The molecule has 1 aromatic heterocycles. The van der Waals surface area contributed by atoms with Crippen LogP contribution >= 0.6 is 11.3 Å². The van der Waals surface area contributed by atoms with E-state index >= 15 is 0 Å². The molecule has 2 aromatic carbocycles. The molecule has 0 spiro atoms. The third kappa shape index (κ3) is 5.38. The van der Waals surface area contributed by atoms with Crippen LogP contribution in [0.3, 0.4) is 0 Å². The Hall–Kier alpha value is -2.87. The summed E-state index contributed by atoms with van der Waals surface area (Å²) in [6, 6.07) is 11.9. The van der Waals surface area contributed by atoms with Gasteiger partial charge in [0.05, 0.1) is 35.9 Å². The van der Waals surface area contributed by atoms with E-state index in [1.165, 1.54) is 17.4 Å². The van der Waals surface area contributed by atoms with Gasteiger partial charge in [0.1, 0.15) is 10.8 Å². The first-order chi connectivity index (χ1) is 14.3. The van der Waals surface area contributed by atoms with E-state index in [2.05, 4.69) is 10.3 Å². The Kier molecular flexibility index (Phi) is 6.77. The number of ether oxygens (including phenoxy) is 1. The fraction of sp³-hybridized carbons (Fsp3) is 0.273. The Labute approximate surface area is 176 Å². The summed E-state index contributed by atoms with van der Waals surface area (Å²) in [6.07, 6.45) is -4.38. The van der Waals surface area contributed by atoms with Crippen LogP contribution in [0.15, 0.2) is 53.9 Å². The second-order valence-electron chi connectivity index (χ2n) is 6.66. The quantitative estimate of drug-likeness (QED) is 0.523. The van der Waals surface area contributed by atoms with Crippen molar-refractivity contribution in [2.24, 2.45) is 0 Å². The van der Waals surface area contributed by atoms with Gasteiger partial charge in [-0.3, -0.25) is 4.79 Å². The number of rotatable bonds is 7. The Morgan fingerprint density at radius 3 is 2.70 bits per heavy atom. The second kappa shape index (κ2) is 9.30. The monoisotopic (exact) mass is 434 g/mol. The maximum Gasteiger partial charge on any atom is 0.416 e. The number of amides is 1. The molecule has 0 unspecified atom stereocenters. The van der Waals surface area contributed by atoms with Crippen molar-refractivity contribution in [3.05, 3.63) is 70.7 Å². The number of hydrogen-bond donors (Lipinski definition) is 1. The van der Waals surface area contributed by atoms with E-state index < -0.39 is 17.8 Å². The van der Waals surface area contributed by atoms with Gasteiger partial charge in [-0.15, -0.1) is 11.3 Å². The van der Waals surface area contributed by atoms with Crippen molar-refractivity contribution in [2.45, 2.75) is 32.5 Å². The molecule has 4 nitrogen and oxygen atoms in total. The number of alkyl halides is 3. The highest BCUT2D eigenvalue weighted by Gasteiger charge is 2.30. The van der Waals surface area contributed by atoms with Crippen LogP contribution in [0.25, 0.3) is 10.6 Å². The molecule has 30 heavy (non-hydrogen) atoms. The van der Waals surface area contributed by atoms with Crippen LogP contribution in [0.1, 0.15) is 36.7 Å². The first-order valence-electron chi connectivity index (χ1n) is 9.41. The first kappa shape index (κ1) is 21.8. The van der Waals surface area contributed by atoms with Gasteiger partial charge in [0, 0.05) is 5.38 Å². The smallest absolute Gasteiger partial charge is 0.416 e. The maximum atomic E-state index is 12.9. The summed E-state index contributed by atoms with van der Waals surface area (Å²) in [5.74, 6) is 0.415. The Bertz CT molecular complexity index is 1020. The van der Waals surface area contributed by atoms with Crippen LogP contribution in [0.5, 0.6) is 5.75 Å². The van der Waals surface area contributed by atoms with E-state index in [4.69, 9.17) is 4.74 Å². The van der Waals surface area contributed by atoms with Crippen molar-refractivity contribution in [3.8, 4) is 16.3 Å². The van der Waals surface area contributed by atoms with E-state index in [0.717, 1.165) is 28.5 Å². The Morgan fingerprint density at radius 1 is 1.20 bits per heavy atom. The number of carbonyl (C=O) groups is 1. The molecule has 0 saturated carbocycles. The molecule has 1 heterocycles. The Balaban J connectivity index is 1.66. The number of benzene rings is 2. The third-order valence-electron chi connectivity index (χ3n) is 4.40. The molecule has 0 radical (unpaired) electrons. The highest BCUT2D eigenvalue weighted by atomic mass is 32.1. The fourth-order valence-electron chi connectivity index (χ4n) is 2.96. The fourth-order valence-corrected chi connectivity index (χ4v) is 3.81. The van der Waals surface area contributed by atoms with Crippen LogP contribution in [0, 0.1) is 0 Å². The van der Waals surface area contributed by atoms with E-state index in [-0.39, 0.29) is 12.3 Å². The van der Waals surface area contributed by atoms with Crippen LogP contribution < -0.4 is 10.1 Å². The lowest BCUT2D eigenvalue weighted by Gasteiger charge is -2.16. The molecular formula is C22H21F3N2O2S. The van der Waals surface area contributed by atoms with Crippen LogP contribution in [-0.4, -0.2) is 17.5 Å². The first-order valence-corrected chi connectivity index (χ1v) is 10.3. The lowest BCUT2D eigenvalue weighted by atomic mass is 10.0. The zero-order valence-electron chi connectivity index (χ0n) is 16.5. The molecule has 1 atom stereocenters. The van der Waals surface area contributed by atoms with Gasteiger partial charge >= 0.3 is 6.18 Å². The van der Waals surface area contributed by atoms with Crippen molar-refractivity contribution in [1.82, 2.24) is 10.3 Å². The maximum absolute atomic E-state index is 12.9. The van der Waals surface area contributed by atoms with Crippen molar-refractivity contribution >= 4 is 17.2 Å². The minimum absolute atomic E-state index is 0.0383. The van der Waals surface area contributed by atoms with Crippen molar-refractivity contribution in [2.75, 3.05) is 6.61 Å². The summed E-state index contributed by atoms with van der Waals surface area (Å²) < 4.78 is 44.3. The highest BCUT2D eigenvalue weighted by Crippen LogP contribution is 2.33. The minimum Gasteiger partial charge on any atom is -0.493 e. The average molecular weight is 434 g/mol. The van der Waals surface area contributed by atoms with Gasteiger partial charge in [0.2, 0.25) is 5.91 Å². The predicted molar refractivity (Wildman–Crippen MR) is 110 cm³/mol. The minimum atomic E-state index is -4.42. The topological polar surface area (TPSA) is 51.2 Å². The number of hydrogen-bond acceptors (Lipinski definition) is 4. The average Bonchev–Trinajstić information content (AvgIpc) is 3.16. The molecule has 3 rings (SSSR count). The summed E-state index contributed by atoms with van der Waals surface area (Å²) in [5.41, 5.74) is 1.10. The molecule has 8 heteroatoms. The molecule has 1 N–H and O–H groups in total. The molecule has 0 bridgehead atoms. The molecule has 0 aliphatic rings. The van der Waals surface area contributed by atoms with Gasteiger partial charge in [0.25, 0.3) is 0 Å². The number of aromatic nitrogens is 1. The van der Waals surface area contributed by atoms with E-state index in [1.54, 1.807) is 18.4 Å². The number of carbonyl (C=O) groups excluding carboxylic acids is 1. The van der Waals surface area contributed by atoms with Gasteiger partial charge in [0.15, 0.2) is 0 Å². The van der Waals surface area contributed by atoms with E-state index in [0.29, 0.717) is 17.9 Å².